The van der Waals surface area contributed by atoms with Crippen molar-refractivity contribution in [3.05, 3.63) is 23.3 Å². The van der Waals surface area contributed by atoms with E-state index >= 15 is 0 Å². The van der Waals surface area contributed by atoms with Crippen molar-refractivity contribution in [1.29, 1.82) is 0 Å². The van der Waals surface area contributed by atoms with Gasteiger partial charge in [-0.15, -0.1) is 0 Å². The molecule has 0 radical (unpaired) electrons. The zero-order valence-electron chi connectivity index (χ0n) is 9.37. The summed E-state index contributed by atoms with van der Waals surface area (Å²) < 4.78 is 10.5. The van der Waals surface area contributed by atoms with Crippen LogP contribution in [-0.4, -0.2) is 20.8 Å². The molecule has 0 aliphatic rings. The molecule has 0 heterocycles. The van der Waals surface area contributed by atoms with Crippen LogP contribution in [-0.2, 0) is 11.3 Å². The van der Waals surface area contributed by atoms with E-state index in [1.54, 1.807) is 14.2 Å². The number of hydrogen-bond acceptors (Lipinski definition) is 4. The Morgan fingerprint density at radius 2 is 1.73 bits per heavy atom. The quantitative estimate of drug-likeness (QED) is 0.749. The maximum Gasteiger partial charge on any atom is 0.122 e. The normalized spacial score (nSPS) is 10.1. The molecule has 2 N–H and O–H groups in total. The third-order valence-electron chi connectivity index (χ3n) is 2.42. The van der Waals surface area contributed by atoms with Gasteiger partial charge in [-0.3, -0.25) is 0 Å². The van der Waals surface area contributed by atoms with Crippen LogP contribution in [0.25, 0.3) is 0 Å². The van der Waals surface area contributed by atoms with Crippen LogP contribution >= 0.6 is 0 Å². The second-order valence-electron chi connectivity index (χ2n) is 3.19. The third-order valence-corrected chi connectivity index (χ3v) is 2.42. The highest BCUT2D eigenvalue weighted by Crippen LogP contribution is 2.29. The second-order valence-corrected chi connectivity index (χ2v) is 3.19. The van der Waals surface area contributed by atoms with E-state index in [4.69, 9.17) is 15.4 Å². The summed E-state index contributed by atoms with van der Waals surface area (Å²) in [5.74, 6) is 6.70. The molecule has 0 atom stereocenters. The Labute approximate surface area is 89.9 Å². The van der Waals surface area contributed by atoms with Gasteiger partial charge in [0.2, 0.25) is 0 Å². The molecule has 0 spiro atoms. The molecule has 4 heteroatoms. The van der Waals surface area contributed by atoms with Crippen molar-refractivity contribution in [1.82, 2.24) is 0 Å². The minimum atomic E-state index is 0.463. The Bertz CT molecular complexity index is 326. The van der Waals surface area contributed by atoms with Gasteiger partial charge in [0.1, 0.15) is 11.5 Å². The molecule has 0 aromatic heterocycles. The van der Waals surface area contributed by atoms with Crippen molar-refractivity contribution in [2.24, 2.45) is 5.90 Å². The molecule has 1 aromatic rings. The van der Waals surface area contributed by atoms with E-state index in [1.807, 2.05) is 19.1 Å². The van der Waals surface area contributed by atoms with Crippen molar-refractivity contribution in [3.63, 3.8) is 0 Å². The SMILES string of the molecule is COc1ccc(OC)c(CCON)c1C. The van der Waals surface area contributed by atoms with E-state index < -0.39 is 0 Å². The summed E-state index contributed by atoms with van der Waals surface area (Å²) in [7, 11) is 3.30. The molecule has 0 unspecified atom stereocenters. The molecule has 0 saturated carbocycles. The smallest absolute Gasteiger partial charge is 0.122 e. The maximum absolute atomic E-state index is 5.27. The molecular weight excluding hydrogens is 194 g/mol. The molecular formula is C11H17NO3. The fraction of sp³-hybridized carbons (Fsp3) is 0.455. The lowest BCUT2D eigenvalue weighted by Gasteiger charge is -2.14. The summed E-state index contributed by atoms with van der Waals surface area (Å²) in [6.07, 6.45) is 0.711. The zero-order chi connectivity index (χ0) is 11.3. The number of rotatable bonds is 5. The highest BCUT2D eigenvalue weighted by molar-refractivity contribution is 5.48. The van der Waals surface area contributed by atoms with Gasteiger partial charge in [0, 0.05) is 12.0 Å². The molecule has 0 amide bonds. The molecule has 0 aliphatic heterocycles. The van der Waals surface area contributed by atoms with Crippen LogP contribution in [0.5, 0.6) is 11.5 Å². The third kappa shape index (κ3) is 2.61. The van der Waals surface area contributed by atoms with Gasteiger partial charge in [-0.05, 0) is 24.6 Å². The highest BCUT2D eigenvalue weighted by atomic mass is 16.6. The molecule has 0 fully saturated rings. The van der Waals surface area contributed by atoms with E-state index in [9.17, 15) is 0 Å². The first-order chi connectivity index (χ1) is 7.24. The average Bonchev–Trinajstić information content (AvgIpc) is 2.27. The van der Waals surface area contributed by atoms with Gasteiger partial charge in [-0.1, -0.05) is 0 Å². The van der Waals surface area contributed by atoms with Crippen LogP contribution in [0.4, 0.5) is 0 Å². The molecule has 1 aromatic carbocycles. The van der Waals surface area contributed by atoms with Crippen molar-refractivity contribution in [2.45, 2.75) is 13.3 Å². The maximum atomic E-state index is 5.27. The Kier molecular flexibility index (Phi) is 4.39. The van der Waals surface area contributed by atoms with Crippen LogP contribution < -0.4 is 15.4 Å². The molecule has 0 bridgehead atoms. The van der Waals surface area contributed by atoms with Crippen molar-refractivity contribution in [2.75, 3.05) is 20.8 Å². The number of nitrogens with two attached hydrogens (primary N) is 1. The summed E-state index contributed by atoms with van der Waals surface area (Å²) in [5, 5.41) is 0. The van der Waals surface area contributed by atoms with Gasteiger partial charge in [-0.2, -0.15) is 0 Å². The second kappa shape index (κ2) is 5.58. The largest absolute Gasteiger partial charge is 0.496 e. The Hall–Kier alpha value is -1.26. The van der Waals surface area contributed by atoms with E-state index in [0.717, 1.165) is 22.6 Å². The van der Waals surface area contributed by atoms with E-state index in [-0.39, 0.29) is 0 Å². The number of methoxy groups -OCH3 is 2. The number of benzene rings is 1. The fourth-order valence-corrected chi connectivity index (χ4v) is 1.59. The summed E-state index contributed by atoms with van der Waals surface area (Å²) in [5.41, 5.74) is 2.14. The lowest BCUT2D eigenvalue weighted by molar-refractivity contribution is 0.140. The number of ether oxygens (including phenoxy) is 2. The monoisotopic (exact) mass is 211 g/mol. The summed E-state index contributed by atoms with van der Waals surface area (Å²) in [6, 6.07) is 3.78. The first kappa shape index (κ1) is 11.8. The highest BCUT2D eigenvalue weighted by Gasteiger charge is 2.10. The Morgan fingerprint density at radius 1 is 1.13 bits per heavy atom. The van der Waals surface area contributed by atoms with Gasteiger partial charge in [0.05, 0.1) is 20.8 Å². The van der Waals surface area contributed by atoms with Crippen LogP contribution in [0.15, 0.2) is 12.1 Å². The standard InChI is InChI=1S/C11H17NO3/c1-8-9(6-7-15-12)11(14-3)5-4-10(8)13-2/h4-5H,6-7,12H2,1-3H3. The molecule has 1 rings (SSSR count). The molecule has 84 valence electrons. The van der Waals surface area contributed by atoms with Crippen molar-refractivity contribution >= 4 is 0 Å². The van der Waals surface area contributed by atoms with Crippen LogP contribution in [0.3, 0.4) is 0 Å². The van der Waals surface area contributed by atoms with E-state index in [1.165, 1.54) is 0 Å². The van der Waals surface area contributed by atoms with Crippen LogP contribution in [0, 0.1) is 6.92 Å². The Balaban J connectivity index is 3.05. The first-order valence-electron chi connectivity index (χ1n) is 4.76. The van der Waals surface area contributed by atoms with Crippen LogP contribution in [0.2, 0.25) is 0 Å². The van der Waals surface area contributed by atoms with E-state index in [0.29, 0.717) is 13.0 Å². The predicted molar refractivity (Wildman–Crippen MR) is 58.1 cm³/mol. The molecule has 4 nitrogen and oxygen atoms in total. The average molecular weight is 211 g/mol. The van der Waals surface area contributed by atoms with Gasteiger partial charge in [-0.25, -0.2) is 5.90 Å². The molecule has 15 heavy (non-hydrogen) atoms. The van der Waals surface area contributed by atoms with Gasteiger partial charge in [0.15, 0.2) is 0 Å². The van der Waals surface area contributed by atoms with Gasteiger partial charge < -0.3 is 14.3 Å². The minimum absolute atomic E-state index is 0.463. The molecule has 0 aliphatic carbocycles. The summed E-state index contributed by atoms with van der Waals surface area (Å²) in [6.45, 7) is 2.46. The number of hydrogen-bond donors (Lipinski definition) is 1. The summed E-state index contributed by atoms with van der Waals surface area (Å²) in [4.78, 5) is 4.58. The fourth-order valence-electron chi connectivity index (χ4n) is 1.59. The first-order valence-corrected chi connectivity index (χ1v) is 4.76. The predicted octanol–water partition coefficient (Wildman–Crippen LogP) is 1.45. The molecule has 0 saturated heterocycles. The van der Waals surface area contributed by atoms with E-state index in [2.05, 4.69) is 4.84 Å². The lowest BCUT2D eigenvalue weighted by Crippen LogP contribution is -2.06. The van der Waals surface area contributed by atoms with Gasteiger partial charge in [0.25, 0.3) is 0 Å². The van der Waals surface area contributed by atoms with Gasteiger partial charge >= 0.3 is 0 Å². The lowest BCUT2D eigenvalue weighted by atomic mass is 10.0. The van der Waals surface area contributed by atoms with Crippen molar-refractivity contribution in [3.8, 4) is 11.5 Å². The van der Waals surface area contributed by atoms with Crippen LogP contribution in [0.1, 0.15) is 11.1 Å². The summed E-state index contributed by atoms with van der Waals surface area (Å²) >= 11 is 0. The zero-order valence-corrected chi connectivity index (χ0v) is 9.37. The van der Waals surface area contributed by atoms with Crippen molar-refractivity contribution < 1.29 is 14.3 Å². The Morgan fingerprint density at radius 3 is 2.27 bits per heavy atom. The minimum Gasteiger partial charge on any atom is -0.496 e. The topological polar surface area (TPSA) is 53.7 Å².